The summed E-state index contributed by atoms with van der Waals surface area (Å²) in [5, 5.41) is 6.66. The first kappa shape index (κ1) is 17.3. The fraction of sp³-hybridized carbons (Fsp3) is 0.611. The molecule has 122 valence electrons. The number of halogens is 1. The summed E-state index contributed by atoms with van der Waals surface area (Å²) in [6.45, 7) is 8.40. The lowest BCUT2D eigenvalue weighted by Crippen LogP contribution is -2.43. The Bertz CT molecular complexity index is 550. The van der Waals surface area contributed by atoms with E-state index in [1.807, 2.05) is 0 Å². The van der Waals surface area contributed by atoms with Crippen LogP contribution < -0.4 is 10.6 Å². The Balaban J connectivity index is 0.00000176. The van der Waals surface area contributed by atoms with Gasteiger partial charge in [-0.15, -0.1) is 12.4 Å². The van der Waals surface area contributed by atoms with E-state index >= 15 is 0 Å². The maximum absolute atomic E-state index is 12.6. The van der Waals surface area contributed by atoms with Gasteiger partial charge in [0.05, 0.1) is 5.54 Å². The molecule has 3 nitrogen and oxygen atoms in total. The standard InChI is InChI=1S/C18H26N2O.ClH/c1-13-5-4-6-14(11-13)17(2,3)20-16(21)15-12-18(15)7-9-19-10-8-18;/h4-6,11,15,19H,7-10,12H2,1-3H3,(H,20,21);1H. The number of hydrogen-bond acceptors (Lipinski definition) is 2. The number of nitrogens with one attached hydrogen (secondary N) is 2. The maximum Gasteiger partial charge on any atom is 0.224 e. The second-order valence-electron chi connectivity index (χ2n) is 7.35. The number of carbonyl (C=O) groups excluding carboxylic acids is 1. The van der Waals surface area contributed by atoms with Crippen molar-refractivity contribution in [2.75, 3.05) is 13.1 Å². The number of carbonyl (C=O) groups is 1. The smallest absolute Gasteiger partial charge is 0.224 e. The monoisotopic (exact) mass is 322 g/mol. The Morgan fingerprint density at radius 3 is 2.64 bits per heavy atom. The molecule has 1 aromatic rings. The molecule has 4 heteroatoms. The van der Waals surface area contributed by atoms with E-state index in [-0.39, 0.29) is 29.8 Å². The first-order valence-electron chi connectivity index (χ1n) is 8.03. The van der Waals surface area contributed by atoms with Gasteiger partial charge in [-0.1, -0.05) is 29.8 Å². The quantitative estimate of drug-likeness (QED) is 0.897. The first-order valence-corrected chi connectivity index (χ1v) is 8.03. The summed E-state index contributed by atoms with van der Waals surface area (Å²) in [4.78, 5) is 12.6. The van der Waals surface area contributed by atoms with Crippen LogP contribution in [-0.4, -0.2) is 19.0 Å². The fourth-order valence-corrected chi connectivity index (χ4v) is 3.70. The van der Waals surface area contributed by atoms with Crippen LogP contribution in [0.3, 0.4) is 0 Å². The van der Waals surface area contributed by atoms with Crippen molar-refractivity contribution >= 4 is 18.3 Å². The van der Waals surface area contributed by atoms with Gasteiger partial charge in [0.2, 0.25) is 5.91 Å². The van der Waals surface area contributed by atoms with Crippen LogP contribution >= 0.6 is 12.4 Å². The average molecular weight is 323 g/mol. The summed E-state index contributed by atoms with van der Waals surface area (Å²) in [5.41, 5.74) is 2.41. The summed E-state index contributed by atoms with van der Waals surface area (Å²) in [7, 11) is 0. The summed E-state index contributed by atoms with van der Waals surface area (Å²) in [5.74, 6) is 0.465. The van der Waals surface area contributed by atoms with E-state index in [1.54, 1.807) is 0 Å². The molecular weight excluding hydrogens is 296 g/mol. The molecule has 1 saturated heterocycles. The van der Waals surface area contributed by atoms with Crippen molar-refractivity contribution in [1.82, 2.24) is 10.6 Å². The maximum atomic E-state index is 12.6. The minimum Gasteiger partial charge on any atom is -0.347 e. The number of benzene rings is 1. The van der Waals surface area contributed by atoms with E-state index in [4.69, 9.17) is 0 Å². The molecule has 1 unspecified atom stereocenters. The molecule has 22 heavy (non-hydrogen) atoms. The number of piperidine rings is 1. The molecule has 0 radical (unpaired) electrons. The van der Waals surface area contributed by atoms with Crippen molar-refractivity contribution in [3.05, 3.63) is 35.4 Å². The van der Waals surface area contributed by atoms with E-state index in [0.29, 0.717) is 5.41 Å². The summed E-state index contributed by atoms with van der Waals surface area (Å²) in [6, 6.07) is 8.41. The van der Waals surface area contributed by atoms with E-state index in [1.165, 1.54) is 11.1 Å². The molecule has 2 aliphatic rings. The van der Waals surface area contributed by atoms with Crippen LogP contribution in [-0.2, 0) is 10.3 Å². The molecule has 1 aliphatic carbocycles. The zero-order valence-corrected chi connectivity index (χ0v) is 14.6. The summed E-state index contributed by atoms with van der Waals surface area (Å²) < 4.78 is 0. The molecule has 0 aromatic heterocycles. The van der Waals surface area contributed by atoms with E-state index in [0.717, 1.165) is 32.4 Å². The van der Waals surface area contributed by atoms with Crippen LogP contribution in [0.25, 0.3) is 0 Å². The van der Waals surface area contributed by atoms with Crippen molar-refractivity contribution in [2.45, 2.75) is 45.6 Å². The van der Waals surface area contributed by atoms with Crippen LogP contribution in [0.2, 0.25) is 0 Å². The second kappa shape index (κ2) is 6.21. The number of rotatable bonds is 3. The predicted octanol–water partition coefficient (Wildman–Crippen LogP) is 3.16. The van der Waals surface area contributed by atoms with Gasteiger partial charge in [0, 0.05) is 5.92 Å². The summed E-state index contributed by atoms with van der Waals surface area (Å²) in [6.07, 6.45) is 3.37. The Kier molecular flexibility index (Phi) is 4.88. The van der Waals surface area contributed by atoms with Gasteiger partial charge in [0.15, 0.2) is 0 Å². The van der Waals surface area contributed by atoms with Gasteiger partial charge < -0.3 is 10.6 Å². The number of aryl methyl sites for hydroxylation is 1. The van der Waals surface area contributed by atoms with Crippen LogP contribution in [0.5, 0.6) is 0 Å². The number of amides is 1. The summed E-state index contributed by atoms with van der Waals surface area (Å²) >= 11 is 0. The zero-order chi connectivity index (χ0) is 15.1. The Morgan fingerprint density at radius 2 is 2.00 bits per heavy atom. The van der Waals surface area contributed by atoms with Crippen LogP contribution in [0, 0.1) is 18.3 Å². The van der Waals surface area contributed by atoms with Gasteiger partial charge in [-0.3, -0.25) is 4.79 Å². The predicted molar refractivity (Wildman–Crippen MR) is 92.2 cm³/mol. The molecule has 3 rings (SSSR count). The molecule has 1 heterocycles. The molecule has 1 amide bonds. The van der Waals surface area contributed by atoms with E-state index < -0.39 is 0 Å². The van der Waals surface area contributed by atoms with Gasteiger partial charge in [-0.25, -0.2) is 0 Å². The fourth-order valence-electron chi connectivity index (χ4n) is 3.70. The highest BCUT2D eigenvalue weighted by molar-refractivity contribution is 5.85. The van der Waals surface area contributed by atoms with Crippen molar-refractivity contribution in [1.29, 1.82) is 0 Å². The molecule has 1 aliphatic heterocycles. The van der Waals surface area contributed by atoms with Gasteiger partial charge in [0.25, 0.3) is 0 Å². The van der Waals surface area contributed by atoms with Crippen molar-refractivity contribution in [3.8, 4) is 0 Å². The van der Waals surface area contributed by atoms with Crippen molar-refractivity contribution < 1.29 is 4.79 Å². The average Bonchev–Trinajstić information content (AvgIpc) is 3.13. The van der Waals surface area contributed by atoms with Crippen LogP contribution in [0.15, 0.2) is 24.3 Å². The van der Waals surface area contributed by atoms with Crippen molar-refractivity contribution in [2.24, 2.45) is 11.3 Å². The molecule has 1 atom stereocenters. The van der Waals surface area contributed by atoms with Gasteiger partial charge in [0.1, 0.15) is 0 Å². The molecule has 0 bridgehead atoms. The minimum atomic E-state index is -0.306. The van der Waals surface area contributed by atoms with Crippen molar-refractivity contribution in [3.63, 3.8) is 0 Å². The first-order chi connectivity index (χ1) is 9.93. The third-order valence-electron chi connectivity index (χ3n) is 5.28. The minimum absolute atomic E-state index is 0. The van der Waals surface area contributed by atoms with Gasteiger partial charge >= 0.3 is 0 Å². The molecule has 2 fully saturated rings. The zero-order valence-electron chi connectivity index (χ0n) is 13.7. The lowest BCUT2D eigenvalue weighted by molar-refractivity contribution is -0.125. The largest absolute Gasteiger partial charge is 0.347 e. The normalized spacial score (nSPS) is 22.8. The lowest BCUT2D eigenvalue weighted by Gasteiger charge is -2.29. The lowest BCUT2D eigenvalue weighted by atomic mass is 9.90. The second-order valence-corrected chi connectivity index (χ2v) is 7.35. The SMILES string of the molecule is Cc1cccc(C(C)(C)NC(=O)C2CC23CCNCC3)c1.Cl. The number of hydrogen-bond donors (Lipinski definition) is 2. The molecular formula is C18H27ClN2O. The molecule has 1 saturated carbocycles. The van der Waals surface area contributed by atoms with E-state index in [9.17, 15) is 4.79 Å². The van der Waals surface area contributed by atoms with Crippen LogP contribution in [0.4, 0.5) is 0 Å². The topological polar surface area (TPSA) is 41.1 Å². The highest BCUT2D eigenvalue weighted by Crippen LogP contribution is 2.58. The Hall–Kier alpha value is -1.06. The highest BCUT2D eigenvalue weighted by atomic mass is 35.5. The molecule has 2 N–H and O–H groups in total. The van der Waals surface area contributed by atoms with E-state index in [2.05, 4.69) is 55.7 Å². The Morgan fingerprint density at radius 1 is 1.32 bits per heavy atom. The van der Waals surface area contributed by atoms with Crippen LogP contribution in [0.1, 0.15) is 44.2 Å². The van der Waals surface area contributed by atoms with Gasteiger partial charge in [-0.05, 0) is 64.1 Å². The molecule has 1 aromatic carbocycles. The molecule has 1 spiro atoms. The third-order valence-corrected chi connectivity index (χ3v) is 5.28. The third kappa shape index (κ3) is 3.31. The van der Waals surface area contributed by atoms with Gasteiger partial charge in [-0.2, -0.15) is 0 Å². The highest BCUT2D eigenvalue weighted by Gasteiger charge is 2.58. The Labute approximate surface area is 139 Å².